The van der Waals surface area contributed by atoms with E-state index >= 15 is 0 Å². The van der Waals surface area contributed by atoms with Gasteiger partial charge < -0.3 is 10.4 Å². The summed E-state index contributed by atoms with van der Waals surface area (Å²) >= 11 is 0. The van der Waals surface area contributed by atoms with Crippen LogP contribution < -0.4 is 5.32 Å². The standard InChI is InChI=1S/C12H25NO/c1-6-13-10(3)12(14)8-11(4,5)7-9(12)2/h9-10,13-14H,6-8H2,1-5H3. The molecule has 1 rings (SSSR count). The Balaban J connectivity index is 2.74. The second-order valence-corrected chi connectivity index (χ2v) is 5.72. The topological polar surface area (TPSA) is 32.3 Å². The Kier molecular flexibility index (Phi) is 3.27. The van der Waals surface area contributed by atoms with Crippen molar-refractivity contribution >= 4 is 0 Å². The molecular weight excluding hydrogens is 174 g/mol. The first-order valence-electron chi connectivity index (χ1n) is 5.77. The third kappa shape index (κ3) is 2.12. The van der Waals surface area contributed by atoms with Crippen LogP contribution in [0.3, 0.4) is 0 Å². The molecule has 14 heavy (non-hydrogen) atoms. The molecule has 1 fully saturated rings. The molecule has 0 heterocycles. The van der Waals surface area contributed by atoms with Gasteiger partial charge in [-0.05, 0) is 37.6 Å². The molecule has 0 aliphatic heterocycles. The average molecular weight is 199 g/mol. The fraction of sp³-hybridized carbons (Fsp3) is 1.00. The lowest BCUT2D eigenvalue weighted by Crippen LogP contribution is -2.51. The van der Waals surface area contributed by atoms with E-state index in [2.05, 4.69) is 39.9 Å². The van der Waals surface area contributed by atoms with Crippen molar-refractivity contribution in [2.45, 2.75) is 59.1 Å². The minimum atomic E-state index is -0.514. The Morgan fingerprint density at radius 1 is 1.50 bits per heavy atom. The molecule has 0 aromatic rings. The monoisotopic (exact) mass is 199 g/mol. The van der Waals surface area contributed by atoms with Crippen LogP contribution in [-0.2, 0) is 0 Å². The predicted molar refractivity (Wildman–Crippen MR) is 60.3 cm³/mol. The van der Waals surface area contributed by atoms with Crippen molar-refractivity contribution in [1.82, 2.24) is 5.32 Å². The minimum absolute atomic E-state index is 0.198. The van der Waals surface area contributed by atoms with Gasteiger partial charge in [0.1, 0.15) is 0 Å². The normalized spacial score (nSPS) is 38.6. The fourth-order valence-corrected chi connectivity index (χ4v) is 3.08. The zero-order valence-electron chi connectivity index (χ0n) is 10.2. The smallest absolute Gasteiger partial charge is 0.0827 e. The van der Waals surface area contributed by atoms with E-state index in [0.29, 0.717) is 5.92 Å². The summed E-state index contributed by atoms with van der Waals surface area (Å²) < 4.78 is 0. The van der Waals surface area contributed by atoms with Crippen LogP contribution in [0.1, 0.15) is 47.5 Å². The number of rotatable bonds is 3. The van der Waals surface area contributed by atoms with E-state index in [-0.39, 0.29) is 11.5 Å². The lowest BCUT2D eigenvalue weighted by molar-refractivity contribution is -0.0255. The predicted octanol–water partition coefficient (Wildman–Crippen LogP) is 2.17. The first-order chi connectivity index (χ1) is 6.32. The van der Waals surface area contributed by atoms with E-state index in [9.17, 15) is 5.11 Å². The Morgan fingerprint density at radius 3 is 2.43 bits per heavy atom. The Morgan fingerprint density at radius 2 is 2.07 bits per heavy atom. The van der Waals surface area contributed by atoms with Crippen LogP contribution in [0.2, 0.25) is 0 Å². The van der Waals surface area contributed by atoms with Gasteiger partial charge in [0.15, 0.2) is 0 Å². The lowest BCUT2D eigenvalue weighted by Gasteiger charge is -2.35. The molecule has 0 aromatic carbocycles. The van der Waals surface area contributed by atoms with Crippen molar-refractivity contribution < 1.29 is 5.11 Å². The Labute approximate surface area is 88.1 Å². The molecule has 0 radical (unpaired) electrons. The summed E-state index contributed by atoms with van der Waals surface area (Å²) in [6.07, 6.45) is 2.04. The van der Waals surface area contributed by atoms with E-state index in [4.69, 9.17) is 0 Å². The number of hydrogen-bond donors (Lipinski definition) is 2. The summed E-state index contributed by atoms with van der Waals surface area (Å²) in [7, 11) is 0. The molecule has 0 saturated heterocycles. The van der Waals surface area contributed by atoms with Gasteiger partial charge >= 0.3 is 0 Å². The van der Waals surface area contributed by atoms with E-state index in [1.54, 1.807) is 0 Å². The summed E-state index contributed by atoms with van der Waals surface area (Å²) in [4.78, 5) is 0. The van der Waals surface area contributed by atoms with Crippen molar-refractivity contribution in [1.29, 1.82) is 0 Å². The summed E-state index contributed by atoms with van der Waals surface area (Å²) in [6.45, 7) is 11.8. The molecule has 2 N–H and O–H groups in total. The van der Waals surface area contributed by atoms with Crippen molar-refractivity contribution in [2.75, 3.05) is 6.54 Å². The van der Waals surface area contributed by atoms with Crippen LogP contribution in [0, 0.1) is 11.3 Å². The maximum Gasteiger partial charge on any atom is 0.0827 e. The highest BCUT2D eigenvalue weighted by Gasteiger charge is 2.50. The van der Waals surface area contributed by atoms with Gasteiger partial charge in [0.05, 0.1) is 5.60 Å². The van der Waals surface area contributed by atoms with Crippen molar-refractivity contribution in [3.63, 3.8) is 0 Å². The number of nitrogens with one attached hydrogen (secondary N) is 1. The number of aliphatic hydroxyl groups is 1. The second-order valence-electron chi connectivity index (χ2n) is 5.72. The highest BCUT2D eigenvalue weighted by Crippen LogP contribution is 2.48. The lowest BCUT2D eigenvalue weighted by atomic mass is 9.84. The van der Waals surface area contributed by atoms with Gasteiger partial charge in [0.2, 0.25) is 0 Å². The third-order valence-electron chi connectivity index (χ3n) is 3.73. The van der Waals surface area contributed by atoms with Gasteiger partial charge in [-0.1, -0.05) is 27.7 Å². The van der Waals surface area contributed by atoms with Crippen LogP contribution in [0.4, 0.5) is 0 Å². The van der Waals surface area contributed by atoms with E-state index in [1.807, 2.05) is 0 Å². The van der Waals surface area contributed by atoms with Crippen molar-refractivity contribution in [3.8, 4) is 0 Å². The Bertz CT molecular complexity index is 202. The molecule has 2 heteroatoms. The zero-order chi connectivity index (χ0) is 11.0. The van der Waals surface area contributed by atoms with E-state index < -0.39 is 5.60 Å². The molecule has 3 atom stereocenters. The average Bonchev–Trinajstić information content (AvgIpc) is 2.22. The maximum absolute atomic E-state index is 10.6. The molecule has 0 aromatic heterocycles. The Hall–Kier alpha value is -0.0800. The number of hydrogen-bond acceptors (Lipinski definition) is 2. The first kappa shape index (κ1) is 12.0. The largest absolute Gasteiger partial charge is 0.388 e. The molecule has 0 amide bonds. The van der Waals surface area contributed by atoms with E-state index in [1.165, 1.54) is 0 Å². The van der Waals surface area contributed by atoms with Gasteiger partial charge in [0.25, 0.3) is 0 Å². The number of likely N-dealkylation sites (N-methyl/N-ethyl adjacent to an activating group) is 1. The third-order valence-corrected chi connectivity index (χ3v) is 3.73. The van der Waals surface area contributed by atoms with Crippen LogP contribution in [0.15, 0.2) is 0 Å². The highest BCUT2D eigenvalue weighted by molar-refractivity contribution is 5.03. The molecule has 0 bridgehead atoms. The van der Waals surface area contributed by atoms with Gasteiger partial charge in [-0.25, -0.2) is 0 Å². The summed E-state index contributed by atoms with van der Waals surface area (Å²) in [6, 6.07) is 0.198. The summed E-state index contributed by atoms with van der Waals surface area (Å²) in [5.74, 6) is 0.395. The molecule has 3 unspecified atom stereocenters. The molecule has 2 nitrogen and oxygen atoms in total. The summed E-state index contributed by atoms with van der Waals surface area (Å²) in [5.41, 5.74) is -0.225. The summed E-state index contributed by atoms with van der Waals surface area (Å²) in [5, 5.41) is 14.0. The zero-order valence-corrected chi connectivity index (χ0v) is 10.2. The van der Waals surface area contributed by atoms with Crippen LogP contribution in [-0.4, -0.2) is 23.3 Å². The van der Waals surface area contributed by atoms with Crippen LogP contribution >= 0.6 is 0 Å². The maximum atomic E-state index is 10.6. The van der Waals surface area contributed by atoms with Crippen molar-refractivity contribution in [2.24, 2.45) is 11.3 Å². The molecule has 84 valence electrons. The first-order valence-corrected chi connectivity index (χ1v) is 5.77. The van der Waals surface area contributed by atoms with Crippen molar-refractivity contribution in [3.05, 3.63) is 0 Å². The van der Waals surface area contributed by atoms with E-state index in [0.717, 1.165) is 19.4 Å². The van der Waals surface area contributed by atoms with Crippen LogP contribution in [0.25, 0.3) is 0 Å². The van der Waals surface area contributed by atoms with Gasteiger partial charge in [-0.2, -0.15) is 0 Å². The van der Waals surface area contributed by atoms with Crippen LogP contribution in [0.5, 0.6) is 0 Å². The molecular formula is C12H25NO. The fourth-order valence-electron chi connectivity index (χ4n) is 3.08. The van der Waals surface area contributed by atoms with Gasteiger partial charge in [-0.15, -0.1) is 0 Å². The minimum Gasteiger partial charge on any atom is -0.388 e. The van der Waals surface area contributed by atoms with Gasteiger partial charge in [0, 0.05) is 6.04 Å². The molecule has 0 spiro atoms. The van der Waals surface area contributed by atoms with Gasteiger partial charge in [-0.3, -0.25) is 0 Å². The molecule has 1 aliphatic rings. The second kappa shape index (κ2) is 3.82. The molecule has 1 aliphatic carbocycles. The SMILES string of the molecule is CCNC(C)C1(O)CC(C)(C)CC1C. The highest BCUT2D eigenvalue weighted by atomic mass is 16.3. The quantitative estimate of drug-likeness (QED) is 0.730. The molecule has 1 saturated carbocycles.